The minimum Gasteiger partial charge on any atom is -0.323 e. The molecule has 4 nitrogen and oxygen atoms in total. The second-order valence-electron chi connectivity index (χ2n) is 3.04. The van der Waals surface area contributed by atoms with Gasteiger partial charge in [-0.25, -0.2) is 4.79 Å². The van der Waals surface area contributed by atoms with Gasteiger partial charge in [0.25, 0.3) is 5.91 Å². The van der Waals surface area contributed by atoms with E-state index in [4.69, 9.17) is 0 Å². The van der Waals surface area contributed by atoms with Crippen LogP contribution in [0.4, 0.5) is 4.79 Å². The van der Waals surface area contributed by atoms with Gasteiger partial charge in [-0.3, -0.25) is 10.1 Å². The van der Waals surface area contributed by atoms with Gasteiger partial charge in [0.2, 0.25) is 0 Å². The fourth-order valence-electron chi connectivity index (χ4n) is 1.03. The van der Waals surface area contributed by atoms with Gasteiger partial charge < -0.3 is 5.32 Å². The smallest absolute Gasteiger partial charge is 0.322 e. The van der Waals surface area contributed by atoms with Crippen LogP contribution in [0.15, 0.2) is 12.7 Å². The van der Waals surface area contributed by atoms with E-state index in [1.165, 1.54) is 0 Å². The molecular weight excluding hydrogens is 188 g/mol. The molecule has 1 atom stereocenters. The second-order valence-corrected chi connectivity index (χ2v) is 4.07. The Bertz CT molecular complexity index is 255. The SMILES string of the molecule is C=CCSCC1(C)NC(=O)NC1=O. The van der Waals surface area contributed by atoms with E-state index >= 15 is 0 Å². The maximum Gasteiger partial charge on any atom is 0.322 e. The molecule has 3 amide bonds. The van der Waals surface area contributed by atoms with Gasteiger partial charge in [0.15, 0.2) is 0 Å². The first-order valence-electron chi connectivity index (χ1n) is 3.91. The van der Waals surface area contributed by atoms with Gasteiger partial charge in [0, 0.05) is 11.5 Å². The minimum absolute atomic E-state index is 0.255. The van der Waals surface area contributed by atoms with Crippen LogP contribution in [0.3, 0.4) is 0 Å². The van der Waals surface area contributed by atoms with E-state index in [9.17, 15) is 9.59 Å². The van der Waals surface area contributed by atoms with E-state index in [0.29, 0.717) is 5.75 Å². The number of thioether (sulfide) groups is 1. The first-order chi connectivity index (χ1) is 6.08. The monoisotopic (exact) mass is 200 g/mol. The van der Waals surface area contributed by atoms with E-state index < -0.39 is 11.6 Å². The van der Waals surface area contributed by atoms with Crippen molar-refractivity contribution in [2.75, 3.05) is 11.5 Å². The van der Waals surface area contributed by atoms with E-state index in [1.54, 1.807) is 24.8 Å². The Kier molecular flexibility index (Phi) is 2.98. The zero-order valence-electron chi connectivity index (χ0n) is 7.42. The fourth-order valence-corrected chi connectivity index (χ4v) is 1.92. The van der Waals surface area contributed by atoms with Gasteiger partial charge in [0.1, 0.15) is 5.54 Å². The van der Waals surface area contributed by atoms with Crippen LogP contribution in [-0.2, 0) is 4.79 Å². The first-order valence-corrected chi connectivity index (χ1v) is 5.06. The largest absolute Gasteiger partial charge is 0.323 e. The maximum atomic E-state index is 11.3. The van der Waals surface area contributed by atoms with Crippen LogP contribution in [0.25, 0.3) is 0 Å². The summed E-state index contributed by atoms with van der Waals surface area (Å²) < 4.78 is 0. The lowest BCUT2D eigenvalue weighted by Crippen LogP contribution is -2.46. The summed E-state index contributed by atoms with van der Waals surface area (Å²) in [5.74, 6) is 1.09. The Balaban J connectivity index is 2.50. The number of imide groups is 1. The number of amides is 3. The summed E-state index contributed by atoms with van der Waals surface area (Å²) in [6.07, 6.45) is 1.77. The lowest BCUT2D eigenvalue weighted by molar-refractivity contribution is -0.122. The van der Waals surface area contributed by atoms with E-state index in [0.717, 1.165) is 5.75 Å². The summed E-state index contributed by atoms with van der Waals surface area (Å²) in [6.45, 7) is 5.28. The zero-order valence-corrected chi connectivity index (χ0v) is 8.24. The third kappa shape index (κ3) is 2.24. The average Bonchev–Trinajstić information content (AvgIpc) is 2.27. The van der Waals surface area contributed by atoms with Crippen molar-refractivity contribution in [2.45, 2.75) is 12.5 Å². The predicted octanol–water partition coefficient (Wildman–Crippen LogP) is 0.504. The second kappa shape index (κ2) is 3.83. The number of nitrogens with one attached hydrogen (secondary N) is 2. The molecule has 1 rings (SSSR count). The Morgan fingerprint density at radius 1 is 1.62 bits per heavy atom. The number of carbonyl (C=O) groups excluding carboxylic acids is 2. The highest BCUT2D eigenvalue weighted by atomic mass is 32.2. The topological polar surface area (TPSA) is 58.2 Å². The number of urea groups is 1. The molecule has 1 saturated heterocycles. The molecule has 0 aromatic carbocycles. The summed E-state index contributed by atoms with van der Waals surface area (Å²) in [5, 5.41) is 4.79. The molecule has 72 valence electrons. The molecule has 1 fully saturated rings. The first kappa shape index (κ1) is 10.1. The molecule has 0 spiro atoms. The normalized spacial score (nSPS) is 26.8. The lowest BCUT2D eigenvalue weighted by Gasteiger charge is -2.19. The van der Waals surface area contributed by atoms with Crippen LogP contribution >= 0.6 is 11.8 Å². The minimum atomic E-state index is -0.759. The van der Waals surface area contributed by atoms with Gasteiger partial charge in [0.05, 0.1) is 0 Å². The predicted molar refractivity (Wildman–Crippen MR) is 52.6 cm³/mol. The Morgan fingerprint density at radius 3 is 2.77 bits per heavy atom. The number of hydrogen-bond donors (Lipinski definition) is 2. The quantitative estimate of drug-likeness (QED) is 0.395. The third-order valence-corrected chi connectivity index (χ3v) is 3.00. The molecule has 0 bridgehead atoms. The number of carbonyl (C=O) groups is 2. The van der Waals surface area contributed by atoms with Crippen molar-refractivity contribution in [1.82, 2.24) is 10.6 Å². The Morgan fingerprint density at radius 2 is 2.31 bits per heavy atom. The molecule has 0 radical (unpaired) electrons. The zero-order chi connectivity index (χ0) is 9.90. The van der Waals surface area contributed by atoms with Crippen LogP contribution in [0, 0.1) is 0 Å². The molecule has 1 aliphatic heterocycles. The average molecular weight is 200 g/mol. The summed E-state index contributed by atoms with van der Waals surface area (Å²) in [4.78, 5) is 22.1. The van der Waals surface area contributed by atoms with E-state index in [2.05, 4.69) is 17.2 Å². The standard InChI is InChI=1S/C8H12N2O2S/c1-3-4-13-5-8(2)6(11)9-7(12)10-8/h3H,1,4-5H2,2H3,(H2,9,10,11,12). The molecule has 1 unspecified atom stereocenters. The van der Waals surface area contributed by atoms with Crippen LogP contribution in [0.2, 0.25) is 0 Å². The molecular formula is C8H12N2O2S. The van der Waals surface area contributed by atoms with Crippen molar-refractivity contribution in [3.8, 4) is 0 Å². The Hall–Kier alpha value is -0.970. The number of hydrogen-bond acceptors (Lipinski definition) is 3. The van der Waals surface area contributed by atoms with Crippen molar-refractivity contribution >= 4 is 23.7 Å². The highest BCUT2D eigenvalue weighted by Gasteiger charge is 2.41. The highest BCUT2D eigenvalue weighted by molar-refractivity contribution is 7.99. The summed E-state index contributed by atoms with van der Waals surface area (Å²) in [5.41, 5.74) is -0.759. The van der Waals surface area contributed by atoms with Crippen molar-refractivity contribution < 1.29 is 9.59 Å². The van der Waals surface area contributed by atoms with Crippen molar-refractivity contribution in [2.24, 2.45) is 0 Å². The molecule has 2 N–H and O–H groups in total. The molecule has 13 heavy (non-hydrogen) atoms. The highest BCUT2D eigenvalue weighted by Crippen LogP contribution is 2.16. The molecule has 5 heteroatoms. The van der Waals surface area contributed by atoms with Crippen molar-refractivity contribution in [3.63, 3.8) is 0 Å². The Labute approximate surface area is 81.1 Å². The lowest BCUT2D eigenvalue weighted by atomic mass is 10.1. The van der Waals surface area contributed by atoms with Gasteiger partial charge >= 0.3 is 6.03 Å². The van der Waals surface area contributed by atoms with Crippen LogP contribution in [0.1, 0.15) is 6.92 Å². The molecule has 0 saturated carbocycles. The fraction of sp³-hybridized carbons (Fsp3) is 0.500. The summed E-state index contributed by atoms with van der Waals surface area (Å²) in [7, 11) is 0. The van der Waals surface area contributed by atoms with Crippen LogP contribution in [0.5, 0.6) is 0 Å². The van der Waals surface area contributed by atoms with Crippen molar-refractivity contribution in [3.05, 3.63) is 12.7 Å². The van der Waals surface area contributed by atoms with E-state index in [-0.39, 0.29) is 5.91 Å². The molecule has 0 aromatic heterocycles. The van der Waals surface area contributed by atoms with Crippen LogP contribution < -0.4 is 10.6 Å². The summed E-state index contributed by atoms with van der Waals surface area (Å²) in [6, 6.07) is -0.410. The van der Waals surface area contributed by atoms with Gasteiger partial charge in [-0.1, -0.05) is 6.08 Å². The third-order valence-electron chi connectivity index (χ3n) is 1.74. The number of rotatable bonds is 4. The molecule has 0 aromatic rings. The van der Waals surface area contributed by atoms with E-state index in [1.807, 2.05) is 0 Å². The maximum absolute atomic E-state index is 11.3. The molecule has 0 aliphatic carbocycles. The molecule has 1 heterocycles. The van der Waals surface area contributed by atoms with Crippen LogP contribution in [-0.4, -0.2) is 29.0 Å². The van der Waals surface area contributed by atoms with Gasteiger partial charge in [-0.2, -0.15) is 11.8 Å². The van der Waals surface area contributed by atoms with Gasteiger partial charge in [-0.15, -0.1) is 6.58 Å². The summed E-state index contributed by atoms with van der Waals surface area (Å²) >= 11 is 1.56. The van der Waals surface area contributed by atoms with Crippen molar-refractivity contribution in [1.29, 1.82) is 0 Å². The molecule has 1 aliphatic rings. The van der Waals surface area contributed by atoms with Gasteiger partial charge in [-0.05, 0) is 6.92 Å².